The Morgan fingerprint density at radius 1 is 1.03 bits per heavy atom. The van der Waals surface area contributed by atoms with Crippen LogP contribution in [0, 0.1) is 5.92 Å². The van der Waals surface area contributed by atoms with Crippen LogP contribution in [0.15, 0.2) is 59.8 Å². The van der Waals surface area contributed by atoms with Gasteiger partial charge in [-0.3, -0.25) is 4.79 Å². The summed E-state index contributed by atoms with van der Waals surface area (Å²) in [6.45, 7) is 7.45. The van der Waals surface area contributed by atoms with Gasteiger partial charge in [-0.15, -0.1) is 10.2 Å². The summed E-state index contributed by atoms with van der Waals surface area (Å²) in [4.78, 5) is 12.3. The fraction of sp³-hybridized carbons (Fsp3) is 0.375. The minimum absolute atomic E-state index is 0.0437. The van der Waals surface area contributed by atoms with Gasteiger partial charge in [0.2, 0.25) is 5.91 Å². The first-order valence-electron chi connectivity index (χ1n) is 10.6. The highest BCUT2D eigenvalue weighted by atomic mass is 32.2. The van der Waals surface area contributed by atoms with Crippen LogP contribution in [0.3, 0.4) is 0 Å². The lowest BCUT2D eigenvalue weighted by Crippen LogP contribution is -2.24. The summed E-state index contributed by atoms with van der Waals surface area (Å²) >= 11 is 1.38. The molecule has 1 N–H and O–H groups in total. The number of rotatable bonds is 11. The second-order valence-electron chi connectivity index (χ2n) is 7.81. The second-order valence-corrected chi connectivity index (χ2v) is 8.75. The van der Waals surface area contributed by atoms with E-state index >= 15 is 0 Å². The number of thioether (sulfide) groups is 1. The normalized spacial score (nSPS) is 11.9. The first-order chi connectivity index (χ1) is 15.5. The monoisotopic (exact) mass is 454 g/mol. The molecule has 0 bridgehead atoms. The van der Waals surface area contributed by atoms with Crippen molar-refractivity contribution in [1.29, 1.82) is 0 Å². The average molecular weight is 455 g/mol. The number of methoxy groups -OCH3 is 1. The lowest BCUT2D eigenvalue weighted by molar-refractivity contribution is -0.118. The van der Waals surface area contributed by atoms with Crippen molar-refractivity contribution < 1.29 is 14.3 Å². The number of carbonyl (C=O) groups excluding carboxylic acids is 1. The van der Waals surface area contributed by atoms with E-state index in [1.54, 1.807) is 7.11 Å². The van der Waals surface area contributed by atoms with Crippen LogP contribution in [0.25, 0.3) is 0 Å². The van der Waals surface area contributed by atoms with Crippen LogP contribution < -0.4 is 14.8 Å². The number of nitrogens with one attached hydrogen (secondary N) is 1. The molecule has 0 spiro atoms. The second kappa shape index (κ2) is 11.6. The molecule has 2 aromatic carbocycles. The maximum Gasteiger partial charge on any atom is 0.230 e. The van der Waals surface area contributed by atoms with Crippen molar-refractivity contribution in [3.8, 4) is 11.5 Å². The van der Waals surface area contributed by atoms with E-state index in [2.05, 4.69) is 29.4 Å². The first-order valence-corrected chi connectivity index (χ1v) is 11.6. The third kappa shape index (κ3) is 6.50. The Kier molecular flexibility index (Phi) is 8.56. The van der Waals surface area contributed by atoms with Crippen LogP contribution >= 0.6 is 11.8 Å². The topological polar surface area (TPSA) is 78.3 Å². The zero-order valence-corrected chi connectivity index (χ0v) is 19.8. The third-order valence-electron chi connectivity index (χ3n) is 4.69. The Morgan fingerprint density at radius 2 is 1.72 bits per heavy atom. The SMILES string of the molecule is COc1ccccc1OC(C)c1nnc(SCC(=O)NCc2ccccc2)n1CC(C)C. The summed E-state index contributed by atoms with van der Waals surface area (Å²) in [6, 6.07) is 17.4. The minimum atomic E-state index is -0.334. The summed E-state index contributed by atoms with van der Waals surface area (Å²) in [5, 5.41) is 12.4. The summed E-state index contributed by atoms with van der Waals surface area (Å²) < 4.78 is 13.6. The predicted molar refractivity (Wildman–Crippen MR) is 126 cm³/mol. The van der Waals surface area contributed by atoms with Crippen molar-refractivity contribution in [2.75, 3.05) is 12.9 Å². The molecule has 1 heterocycles. The Labute approximate surface area is 193 Å². The highest BCUT2D eigenvalue weighted by Gasteiger charge is 2.22. The van der Waals surface area contributed by atoms with Crippen LogP contribution in [-0.4, -0.2) is 33.5 Å². The zero-order chi connectivity index (χ0) is 22.9. The number of benzene rings is 2. The van der Waals surface area contributed by atoms with E-state index in [4.69, 9.17) is 9.47 Å². The van der Waals surface area contributed by atoms with Gasteiger partial charge in [0.1, 0.15) is 0 Å². The molecule has 1 amide bonds. The van der Waals surface area contributed by atoms with Crippen molar-refractivity contribution in [3.05, 3.63) is 66.0 Å². The molecule has 1 unspecified atom stereocenters. The van der Waals surface area contributed by atoms with Crippen molar-refractivity contribution >= 4 is 17.7 Å². The molecule has 0 aliphatic rings. The molecule has 0 aliphatic heterocycles. The lowest BCUT2D eigenvalue weighted by atomic mass is 10.2. The van der Waals surface area contributed by atoms with E-state index in [1.165, 1.54) is 11.8 Å². The summed E-state index contributed by atoms with van der Waals surface area (Å²) in [5.74, 6) is 2.64. The molecule has 0 saturated carbocycles. The van der Waals surface area contributed by atoms with Gasteiger partial charge in [0.25, 0.3) is 0 Å². The number of ether oxygens (including phenoxy) is 2. The number of aromatic nitrogens is 3. The van der Waals surface area contributed by atoms with Crippen molar-refractivity contribution in [1.82, 2.24) is 20.1 Å². The van der Waals surface area contributed by atoms with E-state index < -0.39 is 0 Å². The minimum Gasteiger partial charge on any atom is -0.493 e. The Hall–Kier alpha value is -3.00. The third-order valence-corrected chi connectivity index (χ3v) is 5.66. The van der Waals surface area contributed by atoms with Gasteiger partial charge in [-0.2, -0.15) is 0 Å². The molecule has 3 rings (SSSR count). The Morgan fingerprint density at radius 3 is 2.41 bits per heavy atom. The molecule has 8 heteroatoms. The van der Waals surface area contributed by atoms with E-state index in [9.17, 15) is 4.79 Å². The van der Waals surface area contributed by atoms with Gasteiger partial charge in [0, 0.05) is 13.1 Å². The molecule has 170 valence electrons. The maximum absolute atomic E-state index is 12.3. The van der Waals surface area contributed by atoms with Crippen LogP contribution in [0.1, 0.15) is 38.3 Å². The fourth-order valence-corrected chi connectivity index (χ4v) is 3.97. The molecule has 0 radical (unpaired) electrons. The smallest absolute Gasteiger partial charge is 0.230 e. The van der Waals surface area contributed by atoms with E-state index in [0.29, 0.717) is 29.1 Å². The molecule has 32 heavy (non-hydrogen) atoms. The van der Waals surface area contributed by atoms with Gasteiger partial charge < -0.3 is 19.4 Å². The van der Waals surface area contributed by atoms with Gasteiger partial charge in [-0.05, 0) is 30.5 Å². The molecular weight excluding hydrogens is 424 g/mol. The molecule has 0 aliphatic carbocycles. The predicted octanol–water partition coefficient (Wildman–Crippen LogP) is 4.49. The standard InChI is InChI=1S/C24H30N4O3S/c1-17(2)15-28-23(18(3)31-21-13-9-8-12-20(21)30-4)26-27-24(28)32-16-22(29)25-14-19-10-6-5-7-11-19/h5-13,17-18H,14-16H2,1-4H3,(H,25,29). The van der Waals surface area contributed by atoms with Crippen molar-refractivity contribution in [2.45, 2.75) is 45.1 Å². The highest BCUT2D eigenvalue weighted by molar-refractivity contribution is 7.99. The van der Waals surface area contributed by atoms with Crippen LogP contribution in [-0.2, 0) is 17.9 Å². The molecular formula is C24H30N4O3S. The van der Waals surface area contributed by atoms with Gasteiger partial charge in [-0.25, -0.2) is 0 Å². The van der Waals surface area contributed by atoms with Gasteiger partial charge >= 0.3 is 0 Å². The lowest BCUT2D eigenvalue weighted by Gasteiger charge is -2.19. The highest BCUT2D eigenvalue weighted by Crippen LogP contribution is 2.31. The Bertz CT molecular complexity index is 1010. The maximum atomic E-state index is 12.3. The van der Waals surface area contributed by atoms with Crippen LogP contribution in [0.5, 0.6) is 11.5 Å². The first kappa shape index (κ1) is 23.7. The van der Waals surface area contributed by atoms with E-state index in [-0.39, 0.29) is 17.8 Å². The number of amides is 1. The number of carbonyl (C=O) groups is 1. The molecule has 0 fully saturated rings. The summed E-state index contributed by atoms with van der Waals surface area (Å²) in [5.41, 5.74) is 1.07. The van der Waals surface area contributed by atoms with Crippen molar-refractivity contribution in [3.63, 3.8) is 0 Å². The average Bonchev–Trinajstić information content (AvgIpc) is 3.19. The largest absolute Gasteiger partial charge is 0.493 e. The number of hydrogen-bond donors (Lipinski definition) is 1. The van der Waals surface area contributed by atoms with Crippen LogP contribution in [0.4, 0.5) is 0 Å². The summed E-state index contributed by atoms with van der Waals surface area (Å²) in [7, 11) is 1.62. The molecule has 0 saturated heterocycles. The van der Waals surface area contributed by atoms with E-state index in [0.717, 1.165) is 17.9 Å². The number of para-hydroxylation sites is 2. The summed E-state index contributed by atoms with van der Waals surface area (Å²) in [6.07, 6.45) is -0.334. The van der Waals surface area contributed by atoms with Gasteiger partial charge in [0.15, 0.2) is 28.6 Å². The number of hydrogen-bond acceptors (Lipinski definition) is 6. The van der Waals surface area contributed by atoms with Crippen LogP contribution in [0.2, 0.25) is 0 Å². The van der Waals surface area contributed by atoms with Crippen molar-refractivity contribution in [2.24, 2.45) is 5.92 Å². The fourth-order valence-electron chi connectivity index (χ4n) is 3.18. The number of nitrogens with zero attached hydrogens (tertiary/aromatic N) is 3. The Balaban J connectivity index is 1.66. The molecule has 7 nitrogen and oxygen atoms in total. The molecule has 1 aromatic heterocycles. The molecule has 3 aromatic rings. The quantitative estimate of drug-likeness (QED) is 0.430. The molecule has 1 atom stereocenters. The van der Waals surface area contributed by atoms with Gasteiger partial charge in [0.05, 0.1) is 12.9 Å². The zero-order valence-electron chi connectivity index (χ0n) is 18.9. The van der Waals surface area contributed by atoms with E-state index in [1.807, 2.05) is 66.1 Å². The van der Waals surface area contributed by atoms with Gasteiger partial charge in [-0.1, -0.05) is 68.1 Å².